The minimum atomic E-state index is -0.0375. The lowest BCUT2D eigenvalue weighted by Gasteiger charge is -2.11. The molecule has 4 rings (SSSR count). The second-order valence-electron chi connectivity index (χ2n) is 8.07. The Morgan fingerprint density at radius 1 is 1.22 bits per heavy atom. The molecule has 0 fully saturated rings. The fourth-order valence-electron chi connectivity index (χ4n) is 4.14. The largest absolute Gasteiger partial charge is 0.355 e. The molecule has 1 aromatic carbocycles. The maximum Gasteiger partial charge on any atom is 0.263 e. The van der Waals surface area contributed by atoms with Gasteiger partial charge >= 0.3 is 0 Å². The van der Waals surface area contributed by atoms with Crippen molar-refractivity contribution in [2.45, 2.75) is 56.6 Å². The summed E-state index contributed by atoms with van der Waals surface area (Å²) in [5.74, 6) is 0.204. The van der Waals surface area contributed by atoms with Crippen molar-refractivity contribution in [3.05, 3.63) is 69.3 Å². The number of carbonyl (C=O) groups excluding carboxylic acids is 1. The Kier molecular flexibility index (Phi) is 7.81. The Balaban J connectivity index is 1.42. The van der Waals surface area contributed by atoms with Gasteiger partial charge in [0.1, 0.15) is 4.83 Å². The van der Waals surface area contributed by atoms with Gasteiger partial charge in [0, 0.05) is 18.0 Å². The summed E-state index contributed by atoms with van der Waals surface area (Å²) < 4.78 is 1.67. The van der Waals surface area contributed by atoms with Crippen LogP contribution >= 0.6 is 23.1 Å². The topological polar surface area (TPSA) is 64.0 Å². The lowest BCUT2D eigenvalue weighted by molar-refractivity contribution is -0.118. The van der Waals surface area contributed by atoms with Crippen LogP contribution in [0.25, 0.3) is 10.2 Å². The number of nitrogens with one attached hydrogen (secondary N) is 1. The van der Waals surface area contributed by atoms with E-state index in [2.05, 4.69) is 24.0 Å². The third-order valence-electron chi connectivity index (χ3n) is 5.74. The van der Waals surface area contributed by atoms with Gasteiger partial charge < -0.3 is 5.32 Å². The first-order chi connectivity index (χ1) is 15.7. The van der Waals surface area contributed by atoms with Gasteiger partial charge in [-0.15, -0.1) is 17.9 Å². The van der Waals surface area contributed by atoms with E-state index in [-0.39, 0.29) is 17.2 Å². The number of thioether (sulfide) groups is 1. The molecule has 5 nitrogen and oxygen atoms in total. The zero-order valence-electron chi connectivity index (χ0n) is 18.3. The molecule has 1 amide bonds. The first-order valence-corrected chi connectivity index (χ1v) is 13.1. The highest BCUT2D eigenvalue weighted by Gasteiger charge is 2.21. The minimum absolute atomic E-state index is 0.0000641. The molecule has 0 bridgehead atoms. The Bertz CT molecular complexity index is 1150. The van der Waals surface area contributed by atoms with Crippen molar-refractivity contribution in [2.75, 3.05) is 12.3 Å². The van der Waals surface area contributed by atoms with Crippen LogP contribution in [0.4, 0.5) is 0 Å². The molecule has 0 atom stereocenters. The maximum atomic E-state index is 13.3. The third-order valence-corrected chi connectivity index (χ3v) is 7.90. The minimum Gasteiger partial charge on any atom is -0.355 e. The molecule has 1 N–H and O–H groups in total. The number of hydrogen-bond donors (Lipinski definition) is 1. The molecule has 0 spiro atoms. The summed E-state index contributed by atoms with van der Waals surface area (Å²) in [4.78, 5) is 32.7. The van der Waals surface area contributed by atoms with Gasteiger partial charge in [0.25, 0.3) is 5.56 Å². The van der Waals surface area contributed by atoms with Gasteiger partial charge in [-0.1, -0.05) is 54.6 Å². The van der Waals surface area contributed by atoms with Crippen LogP contribution in [0.2, 0.25) is 0 Å². The summed E-state index contributed by atoms with van der Waals surface area (Å²) in [7, 11) is 0. The SMILES string of the molecule is C=CCn1c(SCC(=O)NCCCc2ccccc2)nc2sc3c(c2c1=O)CCCCC3. The number of carbonyl (C=O) groups is 1. The smallest absolute Gasteiger partial charge is 0.263 e. The van der Waals surface area contributed by atoms with Crippen LogP contribution in [-0.4, -0.2) is 27.8 Å². The van der Waals surface area contributed by atoms with Crippen LogP contribution in [-0.2, 0) is 30.6 Å². The fraction of sp³-hybridized carbons (Fsp3) is 0.400. The number of rotatable bonds is 9. The Morgan fingerprint density at radius 2 is 2.03 bits per heavy atom. The lowest BCUT2D eigenvalue weighted by atomic mass is 10.1. The van der Waals surface area contributed by atoms with E-state index >= 15 is 0 Å². The van der Waals surface area contributed by atoms with Gasteiger partial charge in [0.15, 0.2) is 5.16 Å². The maximum absolute atomic E-state index is 13.3. The van der Waals surface area contributed by atoms with Gasteiger partial charge in [0.05, 0.1) is 11.1 Å². The predicted molar refractivity (Wildman–Crippen MR) is 134 cm³/mol. The molecule has 0 saturated carbocycles. The molecule has 1 aliphatic rings. The normalized spacial score (nSPS) is 13.5. The summed E-state index contributed by atoms with van der Waals surface area (Å²) in [6.45, 7) is 4.84. The number of aryl methyl sites for hydroxylation is 3. The second-order valence-corrected chi connectivity index (χ2v) is 10.1. The highest BCUT2D eigenvalue weighted by molar-refractivity contribution is 7.99. The van der Waals surface area contributed by atoms with Crippen molar-refractivity contribution in [2.24, 2.45) is 0 Å². The number of aromatic nitrogens is 2. The summed E-state index contributed by atoms with van der Waals surface area (Å²) in [6.07, 6.45) is 9.05. The molecule has 0 unspecified atom stereocenters. The van der Waals surface area contributed by atoms with Gasteiger partial charge in [-0.25, -0.2) is 4.98 Å². The van der Waals surface area contributed by atoms with Crippen LogP contribution in [0, 0.1) is 0 Å². The van der Waals surface area contributed by atoms with E-state index in [1.165, 1.54) is 40.6 Å². The second kappa shape index (κ2) is 11.0. The standard InChI is InChI=1S/C25H29N3O2S2/c1-2-16-28-24(30)22-19-13-7-4-8-14-20(19)32-23(22)27-25(28)31-17-21(29)26-15-9-12-18-10-5-3-6-11-18/h2-3,5-6,10-11H,1,4,7-9,12-17H2,(H,26,29). The molecule has 0 saturated heterocycles. The van der Waals surface area contributed by atoms with Crippen LogP contribution in [0.15, 0.2) is 52.9 Å². The molecular formula is C25H29N3O2S2. The summed E-state index contributed by atoms with van der Waals surface area (Å²) in [5, 5.41) is 4.36. The fourth-order valence-corrected chi connectivity index (χ4v) is 6.28. The first kappa shape index (κ1) is 22.8. The Morgan fingerprint density at radius 3 is 2.84 bits per heavy atom. The van der Waals surface area contributed by atoms with Gasteiger partial charge in [0.2, 0.25) is 5.91 Å². The number of allylic oxidation sites excluding steroid dienone is 1. The van der Waals surface area contributed by atoms with E-state index in [1.54, 1.807) is 22.0 Å². The van der Waals surface area contributed by atoms with E-state index in [0.717, 1.165) is 42.3 Å². The molecule has 3 aromatic rings. The predicted octanol–water partition coefficient (Wildman–Crippen LogP) is 4.75. The van der Waals surface area contributed by atoms with Crippen molar-refractivity contribution in [1.82, 2.24) is 14.9 Å². The van der Waals surface area contributed by atoms with E-state index in [1.807, 2.05) is 18.2 Å². The zero-order chi connectivity index (χ0) is 22.3. The number of benzene rings is 1. The molecule has 0 aliphatic heterocycles. The van der Waals surface area contributed by atoms with Crippen LogP contribution in [0.5, 0.6) is 0 Å². The average molecular weight is 468 g/mol. The average Bonchev–Trinajstić information content (AvgIpc) is 2.99. The van der Waals surface area contributed by atoms with Crippen molar-refractivity contribution in [3.63, 3.8) is 0 Å². The van der Waals surface area contributed by atoms with Crippen LogP contribution in [0.1, 0.15) is 41.7 Å². The molecular weight excluding hydrogens is 438 g/mol. The summed E-state index contributed by atoms with van der Waals surface area (Å²) in [5.41, 5.74) is 2.47. The highest BCUT2D eigenvalue weighted by Crippen LogP contribution is 2.34. The first-order valence-electron chi connectivity index (χ1n) is 11.3. The Labute approximate surface area is 197 Å². The van der Waals surface area contributed by atoms with E-state index in [9.17, 15) is 9.59 Å². The molecule has 1 aliphatic carbocycles. The van der Waals surface area contributed by atoms with Crippen molar-refractivity contribution in [1.29, 1.82) is 0 Å². The molecule has 0 radical (unpaired) electrons. The molecule has 32 heavy (non-hydrogen) atoms. The lowest BCUT2D eigenvalue weighted by Crippen LogP contribution is -2.28. The van der Waals surface area contributed by atoms with Crippen molar-refractivity contribution >= 4 is 39.2 Å². The quantitative estimate of drug-likeness (QED) is 0.162. The number of fused-ring (bicyclic) bond motifs is 3. The molecule has 168 valence electrons. The monoisotopic (exact) mass is 467 g/mol. The van der Waals surface area contributed by atoms with Crippen molar-refractivity contribution < 1.29 is 4.79 Å². The van der Waals surface area contributed by atoms with Gasteiger partial charge in [-0.3, -0.25) is 14.2 Å². The number of hydrogen-bond acceptors (Lipinski definition) is 5. The number of amides is 1. The van der Waals surface area contributed by atoms with Crippen molar-refractivity contribution in [3.8, 4) is 0 Å². The van der Waals surface area contributed by atoms with E-state index in [4.69, 9.17) is 4.98 Å². The van der Waals surface area contributed by atoms with Gasteiger partial charge in [-0.2, -0.15) is 0 Å². The third kappa shape index (κ3) is 5.33. The highest BCUT2D eigenvalue weighted by atomic mass is 32.2. The zero-order valence-corrected chi connectivity index (χ0v) is 19.9. The summed E-state index contributed by atoms with van der Waals surface area (Å²) in [6, 6.07) is 10.3. The van der Waals surface area contributed by atoms with E-state index < -0.39 is 0 Å². The Hall–Kier alpha value is -2.38. The number of thiophene rings is 1. The summed E-state index contributed by atoms with van der Waals surface area (Å²) >= 11 is 2.98. The number of nitrogens with zero attached hydrogens (tertiary/aromatic N) is 2. The van der Waals surface area contributed by atoms with E-state index in [0.29, 0.717) is 18.2 Å². The van der Waals surface area contributed by atoms with Crippen LogP contribution in [0.3, 0.4) is 0 Å². The van der Waals surface area contributed by atoms with Crippen LogP contribution < -0.4 is 10.9 Å². The molecule has 7 heteroatoms. The molecule has 2 heterocycles. The molecule has 2 aromatic heterocycles. The van der Waals surface area contributed by atoms with Gasteiger partial charge in [-0.05, 0) is 49.7 Å².